The van der Waals surface area contributed by atoms with Crippen molar-refractivity contribution < 1.29 is 4.79 Å². The van der Waals surface area contributed by atoms with Crippen LogP contribution in [0.2, 0.25) is 0 Å². The van der Waals surface area contributed by atoms with E-state index in [0.717, 1.165) is 36.9 Å². The summed E-state index contributed by atoms with van der Waals surface area (Å²) < 4.78 is 0. The molecule has 1 aliphatic carbocycles. The van der Waals surface area contributed by atoms with Crippen molar-refractivity contribution in [2.45, 2.75) is 38.5 Å². The van der Waals surface area contributed by atoms with Crippen LogP contribution >= 0.6 is 0 Å². The van der Waals surface area contributed by atoms with Crippen LogP contribution in [0.3, 0.4) is 0 Å². The van der Waals surface area contributed by atoms with Gasteiger partial charge in [0.15, 0.2) is 0 Å². The first-order chi connectivity index (χ1) is 14.2. The van der Waals surface area contributed by atoms with Gasteiger partial charge in [-0.1, -0.05) is 61.5 Å². The lowest BCUT2D eigenvalue weighted by Gasteiger charge is -2.17. The Hall–Kier alpha value is -3.07. The average molecular weight is 385 g/mol. The van der Waals surface area contributed by atoms with E-state index in [1.54, 1.807) is 0 Å². The molecular weight excluding hydrogens is 356 g/mol. The van der Waals surface area contributed by atoms with E-state index < -0.39 is 0 Å². The Kier molecular flexibility index (Phi) is 5.66. The van der Waals surface area contributed by atoms with Crippen molar-refractivity contribution in [3.8, 4) is 11.1 Å². The first-order valence-electron chi connectivity index (χ1n) is 10.5. The van der Waals surface area contributed by atoms with Gasteiger partial charge in [-0.25, -0.2) is 0 Å². The van der Waals surface area contributed by atoms with Gasteiger partial charge in [0.2, 0.25) is 5.91 Å². The number of aryl methyl sites for hydroxylation is 2. The van der Waals surface area contributed by atoms with Crippen LogP contribution < -0.4 is 11.1 Å². The van der Waals surface area contributed by atoms with Gasteiger partial charge >= 0.3 is 0 Å². The molecule has 1 amide bonds. The molecule has 3 nitrogen and oxygen atoms in total. The fourth-order valence-electron chi connectivity index (χ4n) is 4.35. The van der Waals surface area contributed by atoms with Crippen LogP contribution in [0.15, 0.2) is 66.7 Å². The number of anilines is 1. The number of nitrogens with one attached hydrogen (secondary N) is 1. The van der Waals surface area contributed by atoms with E-state index in [0.29, 0.717) is 6.54 Å². The molecule has 29 heavy (non-hydrogen) atoms. The SMILES string of the molecule is CCCNC(=O)C1c2ccccc2-c2cccc(CCCc3ccc(N)cc3)c21. The van der Waals surface area contributed by atoms with Crippen LogP contribution in [-0.2, 0) is 17.6 Å². The summed E-state index contributed by atoms with van der Waals surface area (Å²) in [6.45, 7) is 2.80. The summed E-state index contributed by atoms with van der Waals surface area (Å²) in [5.74, 6) is -0.0930. The Balaban J connectivity index is 1.61. The van der Waals surface area contributed by atoms with Crippen LogP contribution in [0.25, 0.3) is 11.1 Å². The summed E-state index contributed by atoms with van der Waals surface area (Å²) >= 11 is 0. The molecule has 0 aliphatic heterocycles. The smallest absolute Gasteiger partial charge is 0.232 e. The second-order valence-electron chi connectivity index (χ2n) is 7.78. The fraction of sp³-hybridized carbons (Fsp3) is 0.269. The number of rotatable bonds is 7. The normalized spacial score (nSPS) is 14.3. The Labute approximate surface area is 173 Å². The van der Waals surface area contributed by atoms with Crippen LogP contribution in [0.5, 0.6) is 0 Å². The molecule has 0 spiro atoms. The third-order valence-corrected chi connectivity index (χ3v) is 5.75. The number of nitrogen functional groups attached to an aromatic ring is 1. The molecule has 0 saturated heterocycles. The summed E-state index contributed by atoms with van der Waals surface area (Å²) in [7, 11) is 0. The second-order valence-corrected chi connectivity index (χ2v) is 7.78. The number of amides is 1. The van der Waals surface area contributed by atoms with E-state index >= 15 is 0 Å². The summed E-state index contributed by atoms with van der Waals surface area (Å²) in [4.78, 5) is 13.1. The van der Waals surface area contributed by atoms with Crippen LogP contribution in [0.4, 0.5) is 5.69 Å². The van der Waals surface area contributed by atoms with Crippen molar-refractivity contribution in [2.75, 3.05) is 12.3 Å². The van der Waals surface area contributed by atoms with E-state index in [4.69, 9.17) is 5.73 Å². The molecule has 0 radical (unpaired) electrons. The minimum Gasteiger partial charge on any atom is -0.399 e. The van der Waals surface area contributed by atoms with E-state index in [9.17, 15) is 4.79 Å². The molecule has 0 heterocycles. The fourth-order valence-corrected chi connectivity index (χ4v) is 4.35. The van der Waals surface area contributed by atoms with Gasteiger partial charge in [0.1, 0.15) is 0 Å². The molecule has 0 bridgehead atoms. The Morgan fingerprint density at radius 2 is 1.69 bits per heavy atom. The summed E-state index contributed by atoms with van der Waals surface area (Å²) in [6, 6.07) is 22.9. The molecule has 3 aromatic carbocycles. The van der Waals surface area contributed by atoms with E-state index in [-0.39, 0.29) is 11.8 Å². The van der Waals surface area contributed by atoms with E-state index in [2.05, 4.69) is 60.8 Å². The van der Waals surface area contributed by atoms with Crippen molar-refractivity contribution in [1.29, 1.82) is 0 Å². The molecule has 148 valence electrons. The molecular formula is C26H28N2O. The van der Waals surface area contributed by atoms with Gasteiger partial charge in [0, 0.05) is 12.2 Å². The molecule has 1 unspecified atom stereocenters. The Morgan fingerprint density at radius 3 is 2.48 bits per heavy atom. The molecule has 1 aliphatic rings. The summed E-state index contributed by atoms with van der Waals surface area (Å²) in [6.07, 6.45) is 3.94. The largest absolute Gasteiger partial charge is 0.399 e. The maximum Gasteiger partial charge on any atom is 0.232 e. The zero-order valence-corrected chi connectivity index (χ0v) is 16.9. The molecule has 3 heteroatoms. The first kappa shape index (κ1) is 19.3. The third kappa shape index (κ3) is 3.91. The highest BCUT2D eigenvalue weighted by atomic mass is 16.1. The maximum atomic E-state index is 13.1. The summed E-state index contributed by atoms with van der Waals surface area (Å²) in [5, 5.41) is 3.12. The van der Waals surface area contributed by atoms with Gasteiger partial charge < -0.3 is 11.1 Å². The molecule has 3 aromatic rings. The minimum atomic E-state index is -0.208. The number of nitrogens with two attached hydrogens (primary N) is 1. The van der Waals surface area contributed by atoms with Crippen molar-refractivity contribution in [2.24, 2.45) is 0 Å². The average Bonchev–Trinajstić information content (AvgIpc) is 3.09. The lowest BCUT2D eigenvalue weighted by Crippen LogP contribution is -2.30. The molecule has 4 rings (SSSR count). The lowest BCUT2D eigenvalue weighted by atomic mass is 9.89. The highest BCUT2D eigenvalue weighted by molar-refractivity contribution is 5.96. The van der Waals surface area contributed by atoms with Crippen LogP contribution in [-0.4, -0.2) is 12.5 Å². The number of benzene rings is 3. The van der Waals surface area contributed by atoms with Gasteiger partial charge in [0.05, 0.1) is 5.92 Å². The lowest BCUT2D eigenvalue weighted by molar-refractivity contribution is -0.121. The van der Waals surface area contributed by atoms with Gasteiger partial charge in [-0.2, -0.15) is 0 Å². The monoisotopic (exact) mass is 384 g/mol. The number of carbonyl (C=O) groups is 1. The molecule has 0 saturated carbocycles. The number of hydrogen-bond acceptors (Lipinski definition) is 2. The standard InChI is InChI=1S/C26H28N2O/c1-2-17-28-26(29)25-23-11-4-3-10-21(23)22-12-6-9-19(24(22)25)8-5-7-18-13-15-20(27)16-14-18/h3-4,6,9-16,25H,2,5,7-8,17,27H2,1H3,(H,28,29). The number of hydrogen-bond donors (Lipinski definition) is 2. The van der Waals surface area contributed by atoms with E-state index in [1.807, 2.05) is 18.2 Å². The topological polar surface area (TPSA) is 55.1 Å². The summed E-state index contributed by atoms with van der Waals surface area (Å²) in [5.41, 5.74) is 13.9. The predicted molar refractivity (Wildman–Crippen MR) is 120 cm³/mol. The Morgan fingerprint density at radius 1 is 0.931 bits per heavy atom. The third-order valence-electron chi connectivity index (χ3n) is 5.75. The highest BCUT2D eigenvalue weighted by Crippen LogP contribution is 2.46. The van der Waals surface area contributed by atoms with E-state index in [1.165, 1.54) is 27.8 Å². The number of carbonyl (C=O) groups excluding carboxylic acids is 1. The quantitative estimate of drug-likeness (QED) is 0.558. The van der Waals surface area contributed by atoms with Crippen molar-refractivity contribution in [3.05, 3.63) is 89.0 Å². The first-order valence-corrected chi connectivity index (χ1v) is 10.5. The molecule has 3 N–H and O–H groups in total. The minimum absolute atomic E-state index is 0.115. The zero-order chi connectivity index (χ0) is 20.2. The Bertz CT molecular complexity index is 1010. The van der Waals surface area contributed by atoms with Crippen molar-refractivity contribution >= 4 is 11.6 Å². The molecule has 0 fully saturated rings. The predicted octanol–water partition coefficient (Wildman–Crippen LogP) is 5.08. The number of fused-ring (bicyclic) bond motifs is 3. The van der Waals surface area contributed by atoms with Crippen molar-refractivity contribution in [1.82, 2.24) is 5.32 Å². The van der Waals surface area contributed by atoms with Crippen LogP contribution in [0.1, 0.15) is 47.9 Å². The van der Waals surface area contributed by atoms with Gasteiger partial charge in [0.25, 0.3) is 0 Å². The van der Waals surface area contributed by atoms with Gasteiger partial charge in [-0.3, -0.25) is 4.79 Å². The van der Waals surface area contributed by atoms with Gasteiger partial charge in [-0.15, -0.1) is 0 Å². The zero-order valence-electron chi connectivity index (χ0n) is 16.9. The van der Waals surface area contributed by atoms with Crippen LogP contribution in [0, 0.1) is 0 Å². The van der Waals surface area contributed by atoms with Crippen molar-refractivity contribution in [3.63, 3.8) is 0 Å². The second kappa shape index (κ2) is 8.52. The van der Waals surface area contributed by atoms with Gasteiger partial charge in [-0.05, 0) is 71.2 Å². The maximum absolute atomic E-state index is 13.1. The molecule has 0 aromatic heterocycles. The highest BCUT2D eigenvalue weighted by Gasteiger charge is 2.35. The molecule has 1 atom stereocenters.